The molecule has 0 saturated carbocycles. The Labute approximate surface area is 108 Å². The molecule has 0 atom stereocenters. The molecule has 0 bridgehead atoms. The minimum absolute atomic E-state index is 0.0878. The molecule has 0 aliphatic rings. The van der Waals surface area contributed by atoms with Gasteiger partial charge >= 0.3 is 0 Å². The molecule has 3 nitrogen and oxygen atoms in total. The monoisotopic (exact) mass is 264 g/mol. The summed E-state index contributed by atoms with van der Waals surface area (Å²) in [4.78, 5) is 11.8. The molecule has 0 aliphatic heterocycles. The van der Waals surface area contributed by atoms with Gasteiger partial charge in [0.25, 0.3) is 5.91 Å². The Kier molecular flexibility index (Phi) is 3.48. The van der Waals surface area contributed by atoms with E-state index < -0.39 is 11.7 Å². The molecule has 0 fully saturated rings. The van der Waals surface area contributed by atoms with Gasteiger partial charge in [0.2, 0.25) is 0 Å². The quantitative estimate of drug-likeness (QED) is 0.818. The van der Waals surface area contributed by atoms with Crippen LogP contribution in [0.15, 0.2) is 42.5 Å². The lowest BCUT2D eigenvalue weighted by Gasteiger charge is -2.07. The van der Waals surface area contributed by atoms with E-state index in [1.165, 1.54) is 18.2 Å². The fourth-order valence-corrected chi connectivity index (χ4v) is 1.67. The molecule has 0 radical (unpaired) electrons. The number of carbonyl (C=O) groups excluding carboxylic acids is 1. The van der Waals surface area contributed by atoms with Crippen LogP contribution in [0.4, 0.5) is 15.8 Å². The fourth-order valence-electron chi connectivity index (χ4n) is 1.49. The second-order valence-corrected chi connectivity index (χ2v) is 4.09. The second kappa shape index (κ2) is 5.06. The summed E-state index contributed by atoms with van der Waals surface area (Å²) in [6.07, 6.45) is 0. The average molecular weight is 265 g/mol. The van der Waals surface area contributed by atoms with Gasteiger partial charge < -0.3 is 11.1 Å². The summed E-state index contributed by atoms with van der Waals surface area (Å²) in [6.45, 7) is 0. The van der Waals surface area contributed by atoms with Crippen LogP contribution in [0.3, 0.4) is 0 Å². The van der Waals surface area contributed by atoms with E-state index in [-0.39, 0.29) is 10.6 Å². The van der Waals surface area contributed by atoms with Gasteiger partial charge in [-0.1, -0.05) is 23.7 Å². The average Bonchev–Trinajstić information content (AvgIpc) is 2.32. The van der Waals surface area contributed by atoms with Gasteiger partial charge in [-0.05, 0) is 30.3 Å². The van der Waals surface area contributed by atoms with Gasteiger partial charge in [-0.25, -0.2) is 4.39 Å². The number of hydrogen-bond donors (Lipinski definition) is 2. The van der Waals surface area contributed by atoms with E-state index in [0.717, 1.165) is 0 Å². The summed E-state index contributed by atoms with van der Waals surface area (Å²) in [6, 6.07) is 10.9. The third kappa shape index (κ3) is 2.60. The van der Waals surface area contributed by atoms with Crippen molar-refractivity contribution in [1.29, 1.82) is 0 Å². The maximum atomic E-state index is 13.6. The molecule has 0 aliphatic carbocycles. The predicted molar refractivity (Wildman–Crippen MR) is 70.2 cm³/mol. The predicted octanol–water partition coefficient (Wildman–Crippen LogP) is 3.31. The number of nitrogen functional groups attached to an aromatic ring is 1. The minimum Gasteiger partial charge on any atom is -0.399 e. The molecule has 5 heteroatoms. The number of nitrogens with two attached hydrogens (primary N) is 1. The van der Waals surface area contributed by atoms with Crippen LogP contribution in [0.5, 0.6) is 0 Å². The van der Waals surface area contributed by atoms with Gasteiger partial charge in [0.1, 0.15) is 0 Å². The van der Waals surface area contributed by atoms with Gasteiger partial charge in [0.15, 0.2) is 5.82 Å². The van der Waals surface area contributed by atoms with Crippen LogP contribution in [0.2, 0.25) is 5.02 Å². The summed E-state index contributed by atoms with van der Waals surface area (Å²) in [5, 5.41) is 2.46. The van der Waals surface area contributed by atoms with Crippen molar-refractivity contribution in [2.75, 3.05) is 11.1 Å². The summed E-state index contributed by atoms with van der Waals surface area (Å²) < 4.78 is 13.6. The molecule has 0 aromatic heterocycles. The first kappa shape index (κ1) is 12.4. The summed E-state index contributed by atoms with van der Waals surface area (Å²) in [7, 11) is 0. The van der Waals surface area contributed by atoms with E-state index >= 15 is 0 Å². The van der Waals surface area contributed by atoms with Crippen molar-refractivity contribution in [2.24, 2.45) is 0 Å². The molecule has 1 amide bonds. The first-order valence-electron chi connectivity index (χ1n) is 5.19. The Balaban J connectivity index is 2.25. The Morgan fingerprint density at radius 1 is 1.22 bits per heavy atom. The van der Waals surface area contributed by atoms with Crippen molar-refractivity contribution in [1.82, 2.24) is 0 Å². The number of halogens is 2. The molecule has 2 aromatic carbocycles. The van der Waals surface area contributed by atoms with E-state index in [1.54, 1.807) is 24.3 Å². The smallest absolute Gasteiger partial charge is 0.258 e. The number of amides is 1. The standard InChI is InChI=1S/C13H10ClFN2O/c14-11-6-2-5-10(12(11)15)13(18)17-9-4-1-3-8(16)7-9/h1-7H,16H2,(H,17,18). The Hall–Kier alpha value is -2.07. The molecule has 0 heterocycles. The van der Waals surface area contributed by atoms with Gasteiger partial charge in [-0.2, -0.15) is 0 Å². The van der Waals surface area contributed by atoms with Crippen LogP contribution in [0, 0.1) is 5.82 Å². The van der Waals surface area contributed by atoms with Crippen LogP contribution in [-0.2, 0) is 0 Å². The Bertz CT molecular complexity index is 601. The van der Waals surface area contributed by atoms with Gasteiger partial charge in [0, 0.05) is 11.4 Å². The molecule has 92 valence electrons. The van der Waals surface area contributed by atoms with Crippen molar-refractivity contribution in [2.45, 2.75) is 0 Å². The number of rotatable bonds is 2. The molecule has 2 rings (SSSR count). The number of hydrogen-bond acceptors (Lipinski definition) is 2. The van der Waals surface area contributed by atoms with E-state index in [9.17, 15) is 9.18 Å². The summed E-state index contributed by atoms with van der Waals surface area (Å²) in [5.74, 6) is -1.30. The number of nitrogens with one attached hydrogen (secondary N) is 1. The van der Waals surface area contributed by atoms with Gasteiger partial charge in [-0.3, -0.25) is 4.79 Å². The molecule has 0 unspecified atom stereocenters. The molecular weight excluding hydrogens is 255 g/mol. The molecule has 3 N–H and O–H groups in total. The zero-order valence-electron chi connectivity index (χ0n) is 9.28. The molecule has 0 spiro atoms. The largest absolute Gasteiger partial charge is 0.399 e. The highest BCUT2D eigenvalue weighted by Gasteiger charge is 2.14. The van der Waals surface area contributed by atoms with E-state index in [0.29, 0.717) is 11.4 Å². The lowest BCUT2D eigenvalue weighted by molar-refractivity contribution is 0.102. The Morgan fingerprint density at radius 3 is 2.67 bits per heavy atom. The van der Waals surface area contributed by atoms with Crippen molar-refractivity contribution >= 4 is 28.9 Å². The van der Waals surface area contributed by atoms with E-state index in [4.69, 9.17) is 17.3 Å². The van der Waals surface area contributed by atoms with Gasteiger partial charge in [0.05, 0.1) is 10.6 Å². The molecular formula is C13H10ClFN2O. The summed E-state index contributed by atoms with van der Waals surface area (Å²) >= 11 is 5.61. The number of carbonyl (C=O) groups is 1. The zero-order valence-corrected chi connectivity index (χ0v) is 10.0. The lowest BCUT2D eigenvalue weighted by atomic mass is 10.2. The van der Waals surface area contributed by atoms with E-state index in [2.05, 4.69) is 5.32 Å². The second-order valence-electron chi connectivity index (χ2n) is 3.68. The fraction of sp³-hybridized carbons (Fsp3) is 0. The van der Waals surface area contributed by atoms with Crippen molar-refractivity contribution in [3.05, 3.63) is 58.9 Å². The van der Waals surface area contributed by atoms with Crippen LogP contribution >= 0.6 is 11.6 Å². The van der Waals surface area contributed by atoms with Crippen LogP contribution in [0.1, 0.15) is 10.4 Å². The van der Waals surface area contributed by atoms with Crippen LogP contribution in [0.25, 0.3) is 0 Å². The third-order valence-corrected chi connectivity index (χ3v) is 2.63. The Morgan fingerprint density at radius 2 is 1.94 bits per heavy atom. The normalized spacial score (nSPS) is 10.1. The number of benzene rings is 2. The van der Waals surface area contributed by atoms with Crippen molar-refractivity contribution < 1.29 is 9.18 Å². The topological polar surface area (TPSA) is 55.1 Å². The van der Waals surface area contributed by atoms with Crippen molar-refractivity contribution in [3.63, 3.8) is 0 Å². The zero-order chi connectivity index (χ0) is 13.1. The van der Waals surface area contributed by atoms with Crippen LogP contribution < -0.4 is 11.1 Å². The first-order valence-corrected chi connectivity index (χ1v) is 5.56. The molecule has 0 saturated heterocycles. The minimum atomic E-state index is -0.736. The lowest BCUT2D eigenvalue weighted by Crippen LogP contribution is -2.14. The maximum Gasteiger partial charge on any atom is 0.258 e. The van der Waals surface area contributed by atoms with Crippen LogP contribution in [-0.4, -0.2) is 5.91 Å². The highest BCUT2D eigenvalue weighted by molar-refractivity contribution is 6.31. The van der Waals surface area contributed by atoms with Crippen molar-refractivity contribution in [3.8, 4) is 0 Å². The molecule has 2 aromatic rings. The highest BCUT2D eigenvalue weighted by atomic mass is 35.5. The maximum absolute atomic E-state index is 13.6. The number of anilines is 2. The molecule has 18 heavy (non-hydrogen) atoms. The SMILES string of the molecule is Nc1cccc(NC(=O)c2cccc(Cl)c2F)c1. The highest BCUT2D eigenvalue weighted by Crippen LogP contribution is 2.19. The van der Waals surface area contributed by atoms with Gasteiger partial charge in [-0.15, -0.1) is 0 Å². The first-order chi connectivity index (χ1) is 8.58. The summed E-state index contributed by atoms with van der Waals surface area (Å²) in [5.41, 5.74) is 6.49. The van der Waals surface area contributed by atoms with E-state index in [1.807, 2.05) is 0 Å². The third-order valence-electron chi connectivity index (χ3n) is 2.34.